The monoisotopic (exact) mass is 416 g/mol. The van der Waals surface area contributed by atoms with E-state index < -0.39 is 33.7 Å². The molecule has 0 aliphatic heterocycles. The van der Waals surface area contributed by atoms with E-state index in [1.54, 1.807) is 0 Å². The van der Waals surface area contributed by atoms with E-state index in [-0.39, 0.29) is 21.9 Å². The van der Waals surface area contributed by atoms with Crippen molar-refractivity contribution in [3.05, 3.63) is 53.6 Å². The van der Waals surface area contributed by atoms with Gasteiger partial charge in [-0.25, -0.2) is 13.1 Å². The molecule has 0 spiro atoms. The van der Waals surface area contributed by atoms with E-state index in [2.05, 4.69) is 10.0 Å². The van der Waals surface area contributed by atoms with Gasteiger partial charge in [0.2, 0.25) is 15.9 Å². The average molecular weight is 416 g/mol. The highest BCUT2D eigenvalue weighted by molar-refractivity contribution is 7.89. The fourth-order valence-electron chi connectivity index (χ4n) is 2.49. The first kappa shape index (κ1) is 21.7. The standard InChI is InChI=1S/C18H19F3N2O4S/c1-11(13-5-4-6-14(9-13)18(19,20)21)23-28(25,26)15-7-8-17(27-3)16(10-15)22-12(2)24/h4-11,23H,1-3H3,(H,22,24)/t11-/m0/s1. The Morgan fingerprint density at radius 2 is 1.82 bits per heavy atom. The quantitative estimate of drug-likeness (QED) is 0.752. The van der Waals surface area contributed by atoms with Crippen LogP contribution in [0.15, 0.2) is 47.4 Å². The first-order valence-corrected chi connectivity index (χ1v) is 9.57. The molecule has 0 heterocycles. The van der Waals surface area contributed by atoms with Crippen molar-refractivity contribution in [3.8, 4) is 5.75 Å². The second-order valence-electron chi connectivity index (χ2n) is 6.01. The maximum Gasteiger partial charge on any atom is 0.416 e. The number of hydrogen-bond donors (Lipinski definition) is 2. The smallest absolute Gasteiger partial charge is 0.416 e. The molecular weight excluding hydrogens is 397 g/mol. The Morgan fingerprint density at radius 1 is 1.14 bits per heavy atom. The molecule has 0 aliphatic carbocycles. The molecule has 0 bridgehead atoms. The van der Waals surface area contributed by atoms with E-state index in [0.29, 0.717) is 0 Å². The van der Waals surface area contributed by atoms with Crippen molar-refractivity contribution in [2.45, 2.75) is 31.0 Å². The Kier molecular flexibility index (Phi) is 6.35. The summed E-state index contributed by atoms with van der Waals surface area (Å²) in [5, 5.41) is 2.46. The minimum atomic E-state index is -4.53. The number of anilines is 1. The highest BCUT2D eigenvalue weighted by atomic mass is 32.2. The summed E-state index contributed by atoms with van der Waals surface area (Å²) in [6.07, 6.45) is -4.53. The molecule has 2 aromatic rings. The number of hydrogen-bond acceptors (Lipinski definition) is 4. The average Bonchev–Trinajstić information content (AvgIpc) is 2.60. The van der Waals surface area contributed by atoms with Gasteiger partial charge in [0, 0.05) is 13.0 Å². The fourth-order valence-corrected chi connectivity index (χ4v) is 3.75. The van der Waals surface area contributed by atoms with Crippen LogP contribution in [0.5, 0.6) is 5.75 Å². The van der Waals surface area contributed by atoms with Crippen LogP contribution in [0.25, 0.3) is 0 Å². The summed E-state index contributed by atoms with van der Waals surface area (Å²) in [5.41, 5.74) is -0.549. The molecule has 0 saturated carbocycles. The van der Waals surface area contributed by atoms with Crippen LogP contribution in [0.1, 0.15) is 31.0 Å². The van der Waals surface area contributed by atoms with E-state index in [1.165, 1.54) is 51.3 Å². The molecule has 0 aliphatic rings. The molecule has 1 atom stereocenters. The van der Waals surface area contributed by atoms with Gasteiger partial charge in [0.25, 0.3) is 0 Å². The first-order valence-electron chi connectivity index (χ1n) is 8.09. The van der Waals surface area contributed by atoms with Crippen LogP contribution in [-0.2, 0) is 21.0 Å². The predicted octanol–water partition coefficient (Wildman–Crippen LogP) is 3.71. The molecule has 0 unspecified atom stereocenters. The third-order valence-electron chi connectivity index (χ3n) is 3.84. The van der Waals surface area contributed by atoms with Crippen molar-refractivity contribution in [1.82, 2.24) is 4.72 Å². The number of rotatable bonds is 6. The van der Waals surface area contributed by atoms with Crippen molar-refractivity contribution in [2.24, 2.45) is 0 Å². The minimum absolute atomic E-state index is 0.157. The number of carbonyl (C=O) groups is 1. The molecule has 2 aromatic carbocycles. The van der Waals surface area contributed by atoms with Crippen LogP contribution in [0, 0.1) is 0 Å². The molecule has 0 radical (unpaired) electrons. The van der Waals surface area contributed by atoms with Gasteiger partial charge in [-0.3, -0.25) is 4.79 Å². The van der Waals surface area contributed by atoms with Gasteiger partial charge in [-0.2, -0.15) is 13.2 Å². The summed E-state index contributed by atoms with van der Waals surface area (Å²) >= 11 is 0. The summed E-state index contributed by atoms with van der Waals surface area (Å²) < 4.78 is 71.3. The molecule has 0 fully saturated rings. The number of halogens is 3. The first-order chi connectivity index (χ1) is 12.9. The van der Waals surface area contributed by atoms with Crippen LogP contribution >= 0.6 is 0 Å². The molecule has 0 aromatic heterocycles. The van der Waals surface area contributed by atoms with Gasteiger partial charge >= 0.3 is 6.18 Å². The fraction of sp³-hybridized carbons (Fsp3) is 0.278. The van der Waals surface area contributed by atoms with Crippen LogP contribution in [0.2, 0.25) is 0 Å². The van der Waals surface area contributed by atoms with Gasteiger partial charge in [0.05, 0.1) is 23.3 Å². The summed E-state index contributed by atoms with van der Waals surface area (Å²) in [6, 6.07) is 7.35. The molecule has 10 heteroatoms. The topological polar surface area (TPSA) is 84.5 Å². The van der Waals surface area contributed by atoms with Gasteiger partial charge in [-0.15, -0.1) is 0 Å². The van der Waals surface area contributed by atoms with Gasteiger partial charge in [0.15, 0.2) is 0 Å². The number of sulfonamides is 1. The van der Waals surface area contributed by atoms with Crippen molar-refractivity contribution >= 4 is 21.6 Å². The second-order valence-corrected chi connectivity index (χ2v) is 7.72. The Balaban J connectivity index is 2.32. The molecule has 0 saturated heterocycles. The van der Waals surface area contributed by atoms with Crippen molar-refractivity contribution < 1.29 is 31.1 Å². The maximum atomic E-state index is 12.9. The number of amides is 1. The van der Waals surface area contributed by atoms with E-state index in [9.17, 15) is 26.4 Å². The molecule has 2 N–H and O–H groups in total. The Labute approximate surface area is 160 Å². The lowest BCUT2D eigenvalue weighted by Crippen LogP contribution is -2.27. The Bertz CT molecular complexity index is 975. The highest BCUT2D eigenvalue weighted by Crippen LogP contribution is 2.31. The van der Waals surface area contributed by atoms with Gasteiger partial charge in [-0.1, -0.05) is 12.1 Å². The number of carbonyl (C=O) groups excluding carboxylic acids is 1. The maximum absolute atomic E-state index is 12.9. The summed E-state index contributed by atoms with van der Waals surface area (Å²) in [4.78, 5) is 11.1. The molecule has 6 nitrogen and oxygen atoms in total. The lowest BCUT2D eigenvalue weighted by molar-refractivity contribution is -0.137. The summed E-state index contributed by atoms with van der Waals surface area (Å²) in [7, 11) is -2.71. The van der Waals surface area contributed by atoms with E-state index >= 15 is 0 Å². The van der Waals surface area contributed by atoms with Crippen molar-refractivity contribution in [2.75, 3.05) is 12.4 Å². The number of nitrogens with one attached hydrogen (secondary N) is 2. The zero-order valence-corrected chi connectivity index (χ0v) is 16.1. The van der Waals surface area contributed by atoms with E-state index in [1.807, 2.05) is 0 Å². The molecule has 28 heavy (non-hydrogen) atoms. The summed E-state index contributed by atoms with van der Waals surface area (Å²) in [5.74, 6) is -0.154. The Hall–Kier alpha value is -2.59. The van der Waals surface area contributed by atoms with E-state index in [4.69, 9.17) is 4.74 Å². The number of ether oxygens (including phenoxy) is 1. The van der Waals surface area contributed by atoms with Crippen molar-refractivity contribution in [1.29, 1.82) is 0 Å². The summed E-state index contributed by atoms with van der Waals surface area (Å²) in [6.45, 7) is 2.69. The molecule has 1 amide bonds. The largest absolute Gasteiger partial charge is 0.495 e. The highest BCUT2D eigenvalue weighted by Gasteiger charge is 2.31. The second kappa shape index (κ2) is 8.19. The normalized spacial score (nSPS) is 13.1. The number of methoxy groups -OCH3 is 1. The van der Waals surface area contributed by atoms with Gasteiger partial charge < -0.3 is 10.1 Å². The molecule has 152 valence electrons. The van der Waals surface area contributed by atoms with Gasteiger partial charge in [0.1, 0.15) is 5.75 Å². The number of benzene rings is 2. The van der Waals surface area contributed by atoms with Crippen LogP contribution in [0.3, 0.4) is 0 Å². The van der Waals surface area contributed by atoms with Crippen LogP contribution in [-0.4, -0.2) is 21.4 Å². The number of alkyl halides is 3. The van der Waals surface area contributed by atoms with Crippen molar-refractivity contribution in [3.63, 3.8) is 0 Å². The predicted molar refractivity (Wildman–Crippen MR) is 97.5 cm³/mol. The minimum Gasteiger partial charge on any atom is -0.495 e. The molecular formula is C18H19F3N2O4S. The van der Waals surface area contributed by atoms with Crippen LogP contribution < -0.4 is 14.8 Å². The lowest BCUT2D eigenvalue weighted by Gasteiger charge is -2.17. The van der Waals surface area contributed by atoms with E-state index in [0.717, 1.165) is 12.1 Å². The third-order valence-corrected chi connectivity index (χ3v) is 5.38. The lowest BCUT2D eigenvalue weighted by atomic mass is 10.1. The molecule has 2 rings (SSSR count). The SMILES string of the molecule is COc1ccc(S(=O)(=O)N[C@@H](C)c2cccc(C(F)(F)F)c2)cc1NC(C)=O. The van der Waals surface area contributed by atoms with Gasteiger partial charge in [-0.05, 0) is 42.8 Å². The third kappa shape index (κ3) is 5.23. The van der Waals surface area contributed by atoms with Crippen LogP contribution in [0.4, 0.5) is 18.9 Å². The zero-order valence-electron chi connectivity index (χ0n) is 15.3. The zero-order chi connectivity index (χ0) is 21.1. The Morgan fingerprint density at radius 3 is 2.39 bits per heavy atom.